The van der Waals surface area contributed by atoms with Gasteiger partial charge in [-0.2, -0.15) is 0 Å². The largest absolute Gasteiger partial charge is 0.355 e. The van der Waals surface area contributed by atoms with E-state index in [1.165, 1.54) is 0 Å². The van der Waals surface area contributed by atoms with E-state index in [2.05, 4.69) is 10.3 Å². The van der Waals surface area contributed by atoms with Crippen molar-refractivity contribution in [2.75, 3.05) is 0 Å². The molecule has 0 aliphatic heterocycles. The van der Waals surface area contributed by atoms with Crippen molar-refractivity contribution in [3.63, 3.8) is 0 Å². The summed E-state index contributed by atoms with van der Waals surface area (Å²) in [5.74, 6) is -0.847. The van der Waals surface area contributed by atoms with Gasteiger partial charge in [0.25, 0.3) is 5.91 Å². The van der Waals surface area contributed by atoms with Gasteiger partial charge in [-0.05, 0) is 25.7 Å². The highest BCUT2D eigenvalue weighted by Gasteiger charge is 2.23. The first-order valence-electron chi connectivity index (χ1n) is 5.44. The molecule has 1 aliphatic carbocycles. The summed E-state index contributed by atoms with van der Waals surface area (Å²) >= 11 is 0. The summed E-state index contributed by atoms with van der Waals surface area (Å²) in [6.45, 7) is 0. The molecule has 2 rings (SSSR count). The van der Waals surface area contributed by atoms with Crippen LogP contribution in [0.5, 0.6) is 0 Å². The Kier molecular flexibility index (Phi) is 3.22. The molecule has 0 saturated heterocycles. The summed E-state index contributed by atoms with van der Waals surface area (Å²) in [4.78, 5) is 14.1. The van der Waals surface area contributed by atoms with Gasteiger partial charge in [0.2, 0.25) is 0 Å². The molecule has 5 heteroatoms. The van der Waals surface area contributed by atoms with E-state index in [4.69, 9.17) is 0 Å². The van der Waals surface area contributed by atoms with E-state index in [0.29, 0.717) is 12.8 Å². The second-order valence-electron chi connectivity index (χ2n) is 4.17. The highest BCUT2D eigenvalue weighted by atomic mass is 19.1. The molecule has 1 heterocycles. The van der Waals surface area contributed by atoms with Crippen LogP contribution in [-0.4, -0.2) is 23.1 Å². The molecule has 0 unspecified atom stereocenters. The second-order valence-corrected chi connectivity index (χ2v) is 4.17. The van der Waals surface area contributed by atoms with Gasteiger partial charge >= 0.3 is 0 Å². The van der Waals surface area contributed by atoms with E-state index in [-0.39, 0.29) is 17.6 Å². The number of amides is 1. The molecule has 1 aromatic rings. The van der Waals surface area contributed by atoms with Gasteiger partial charge in [-0.15, -0.1) is 0 Å². The summed E-state index contributed by atoms with van der Waals surface area (Å²) in [7, 11) is 0. The van der Waals surface area contributed by atoms with E-state index in [9.17, 15) is 13.6 Å². The van der Waals surface area contributed by atoms with Crippen molar-refractivity contribution >= 4 is 5.91 Å². The molecule has 1 amide bonds. The van der Waals surface area contributed by atoms with Crippen molar-refractivity contribution in [1.29, 1.82) is 0 Å². The van der Waals surface area contributed by atoms with E-state index in [1.54, 1.807) is 0 Å². The lowest BCUT2D eigenvalue weighted by Crippen LogP contribution is -2.39. The number of H-pyrrole nitrogens is 1. The standard InChI is InChI=1S/C11H14F2N2O/c12-7-2-1-3-9(4-7)15-11(16)10-5-8(13)6-14-10/h5-7,9,14H,1-4H2,(H,15,16)/t7-,9-/m1/s1. The van der Waals surface area contributed by atoms with Crippen LogP contribution in [0.2, 0.25) is 0 Å². The molecule has 1 aliphatic rings. The van der Waals surface area contributed by atoms with Gasteiger partial charge in [0, 0.05) is 18.3 Å². The first kappa shape index (κ1) is 11.1. The Bertz CT molecular complexity index is 378. The maximum Gasteiger partial charge on any atom is 0.268 e. The normalized spacial score (nSPS) is 25.4. The molecule has 1 saturated carbocycles. The number of nitrogens with one attached hydrogen (secondary N) is 2. The molecule has 1 aromatic heterocycles. The summed E-state index contributed by atoms with van der Waals surface area (Å²) in [5, 5.41) is 2.70. The zero-order valence-corrected chi connectivity index (χ0v) is 8.80. The number of alkyl halides is 1. The molecule has 88 valence electrons. The van der Waals surface area contributed by atoms with Crippen molar-refractivity contribution in [2.24, 2.45) is 0 Å². The van der Waals surface area contributed by atoms with Gasteiger partial charge in [0.1, 0.15) is 17.7 Å². The number of hydrogen-bond donors (Lipinski definition) is 2. The monoisotopic (exact) mass is 228 g/mol. The molecule has 16 heavy (non-hydrogen) atoms. The smallest absolute Gasteiger partial charge is 0.268 e. The minimum Gasteiger partial charge on any atom is -0.355 e. The van der Waals surface area contributed by atoms with Gasteiger partial charge < -0.3 is 10.3 Å². The summed E-state index contributed by atoms with van der Waals surface area (Å²) in [5.41, 5.74) is 0.179. The quantitative estimate of drug-likeness (QED) is 0.800. The van der Waals surface area contributed by atoms with Crippen LogP contribution in [0, 0.1) is 5.82 Å². The fraction of sp³-hybridized carbons (Fsp3) is 0.545. The van der Waals surface area contributed by atoms with Gasteiger partial charge in [0.15, 0.2) is 0 Å². The average Bonchev–Trinajstić information content (AvgIpc) is 2.65. The van der Waals surface area contributed by atoms with E-state index in [1.807, 2.05) is 0 Å². The van der Waals surface area contributed by atoms with Crippen LogP contribution < -0.4 is 5.32 Å². The Hall–Kier alpha value is -1.39. The molecule has 0 aromatic carbocycles. The molecule has 0 spiro atoms. The van der Waals surface area contributed by atoms with Gasteiger partial charge in [-0.1, -0.05) is 0 Å². The Morgan fingerprint density at radius 3 is 2.94 bits per heavy atom. The van der Waals surface area contributed by atoms with Crippen LogP contribution in [0.25, 0.3) is 0 Å². The van der Waals surface area contributed by atoms with Crippen LogP contribution in [0.3, 0.4) is 0 Å². The maximum atomic E-state index is 13.1. The van der Waals surface area contributed by atoms with Crippen LogP contribution in [0.4, 0.5) is 8.78 Å². The fourth-order valence-corrected chi connectivity index (χ4v) is 2.02. The minimum atomic E-state index is -0.834. The number of halogens is 2. The van der Waals surface area contributed by atoms with Crippen LogP contribution in [0.15, 0.2) is 12.3 Å². The van der Waals surface area contributed by atoms with Crippen LogP contribution in [0.1, 0.15) is 36.2 Å². The maximum absolute atomic E-state index is 13.1. The van der Waals surface area contributed by atoms with Crippen molar-refractivity contribution in [1.82, 2.24) is 10.3 Å². The molecule has 1 fully saturated rings. The van der Waals surface area contributed by atoms with Crippen molar-refractivity contribution in [3.05, 3.63) is 23.8 Å². The second kappa shape index (κ2) is 4.63. The van der Waals surface area contributed by atoms with Crippen LogP contribution >= 0.6 is 0 Å². The predicted octanol–water partition coefficient (Wildman–Crippen LogP) is 2.16. The number of carbonyl (C=O) groups excluding carboxylic acids is 1. The van der Waals surface area contributed by atoms with Crippen molar-refractivity contribution in [3.8, 4) is 0 Å². The summed E-state index contributed by atoms with van der Waals surface area (Å²) in [6.07, 6.45) is 2.78. The lowest BCUT2D eigenvalue weighted by Gasteiger charge is -2.25. The van der Waals surface area contributed by atoms with Crippen molar-refractivity contribution in [2.45, 2.75) is 37.9 Å². The lowest BCUT2D eigenvalue weighted by atomic mass is 9.94. The topological polar surface area (TPSA) is 44.9 Å². The highest BCUT2D eigenvalue weighted by Crippen LogP contribution is 2.21. The third-order valence-electron chi connectivity index (χ3n) is 2.84. The Labute approximate surface area is 92.2 Å². The van der Waals surface area contributed by atoms with Crippen LogP contribution in [-0.2, 0) is 0 Å². The first-order chi connectivity index (χ1) is 7.65. The molecule has 0 radical (unpaired) electrons. The Balaban J connectivity index is 1.92. The third kappa shape index (κ3) is 2.59. The molecule has 2 N–H and O–H groups in total. The number of aromatic nitrogens is 1. The Morgan fingerprint density at radius 1 is 1.50 bits per heavy atom. The molecule has 2 atom stereocenters. The summed E-state index contributed by atoms with van der Waals surface area (Å²) < 4.78 is 25.7. The predicted molar refractivity (Wildman–Crippen MR) is 55.4 cm³/mol. The summed E-state index contributed by atoms with van der Waals surface area (Å²) in [6, 6.07) is 0.994. The number of carbonyl (C=O) groups is 1. The van der Waals surface area contributed by atoms with Crippen molar-refractivity contribution < 1.29 is 13.6 Å². The average molecular weight is 228 g/mol. The Morgan fingerprint density at radius 2 is 2.31 bits per heavy atom. The molecule has 3 nitrogen and oxygen atoms in total. The number of hydrogen-bond acceptors (Lipinski definition) is 1. The van der Waals surface area contributed by atoms with Gasteiger partial charge in [0.05, 0.1) is 0 Å². The highest BCUT2D eigenvalue weighted by molar-refractivity contribution is 5.92. The number of rotatable bonds is 2. The molecular weight excluding hydrogens is 214 g/mol. The molecule has 0 bridgehead atoms. The zero-order chi connectivity index (χ0) is 11.5. The van der Waals surface area contributed by atoms with E-state index in [0.717, 1.165) is 25.1 Å². The fourth-order valence-electron chi connectivity index (χ4n) is 2.02. The van der Waals surface area contributed by atoms with E-state index >= 15 is 0 Å². The third-order valence-corrected chi connectivity index (χ3v) is 2.84. The lowest BCUT2D eigenvalue weighted by molar-refractivity contribution is 0.0908. The van der Waals surface area contributed by atoms with Gasteiger partial charge in [-0.3, -0.25) is 4.79 Å². The SMILES string of the molecule is O=C(N[C@@H]1CCC[C@@H](F)C1)c1cc(F)c[nH]1. The van der Waals surface area contributed by atoms with Gasteiger partial charge in [-0.25, -0.2) is 8.78 Å². The zero-order valence-electron chi connectivity index (χ0n) is 8.80. The first-order valence-corrected chi connectivity index (χ1v) is 5.44. The molecular formula is C11H14F2N2O. The minimum absolute atomic E-state index is 0.136. The number of aromatic amines is 1. The van der Waals surface area contributed by atoms with E-state index < -0.39 is 12.0 Å².